The Kier molecular flexibility index (Phi) is 2.58. The van der Waals surface area contributed by atoms with Gasteiger partial charge in [-0.05, 0) is 38.1 Å². The van der Waals surface area contributed by atoms with E-state index in [2.05, 4.69) is 0 Å². The molecule has 3 nitrogen and oxygen atoms in total. The Morgan fingerprint density at radius 2 is 2.00 bits per heavy atom. The molecular formula is C10H19NO2. The Morgan fingerprint density at radius 3 is 2.54 bits per heavy atom. The summed E-state index contributed by atoms with van der Waals surface area (Å²) in [6, 6.07) is 0. The van der Waals surface area contributed by atoms with Crippen LogP contribution in [0, 0.1) is 11.3 Å². The van der Waals surface area contributed by atoms with Crippen LogP contribution < -0.4 is 5.73 Å². The van der Waals surface area contributed by atoms with E-state index in [-0.39, 0.29) is 11.5 Å². The lowest BCUT2D eigenvalue weighted by Crippen LogP contribution is -2.40. The van der Waals surface area contributed by atoms with Crippen LogP contribution in [0.5, 0.6) is 0 Å². The predicted octanol–water partition coefficient (Wildman–Crippen LogP) is 0.513. The van der Waals surface area contributed by atoms with Gasteiger partial charge < -0.3 is 15.6 Å². The third kappa shape index (κ3) is 1.49. The molecule has 1 heterocycles. The molecule has 3 heteroatoms. The van der Waals surface area contributed by atoms with Gasteiger partial charge in [0.25, 0.3) is 0 Å². The van der Waals surface area contributed by atoms with Crippen LogP contribution in [-0.4, -0.2) is 31.0 Å². The fourth-order valence-corrected chi connectivity index (χ4v) is 2.85. The summed E-state index contributed by atoms with van der Waals surface area (Å²) in [5, 5.41) is 10.1. The number of hydrogen-bond donors (Lipinski definition) is 2. The van der Waals surface area contributed by atoms with Crippen molar-refractivity contribution in [1.82, 2.24) is 0 Å². The number of ether oxygens (including phenoxy) is 1. The molecule has 1 aliphatic heterocycles. The molecule has 0 radical (unpaired) electrons. The van der Waals surface area contributed by atoms with Gasteiger partial charge in [0.2, 0.25) is 0 Å². The summed E-state index contributed by atoms with van der Waals surface area (Å²) >= 11 is 0. The van der Waals surface area contributed by atoms with Crippen molar-refractivity contribution in [3.63, 3.8) is 0 Å². The number of aliphatic hydroxyl groups excluding tert-OH is 1. The van der Waals surface area contributed by atoms with Crippen LogP contribution in [0.1, 0.15) is 25.7 Å². The third-order valence-corrected chi connectivity index (χ3v) is 3.88. The average molecular weight is 185 g/mol. The molecule has 2 fully saturated rings. The third-order valence-electron chi connectivity index (χ3n) is 3.88. The summed E-state index contributed by atoms with van der Waals surface area (Å²) in [5.74, 6) is 0.332. The van der Waals surface area contributed by atoms with E-state index in [4.69, 9.17) is 10.5 Å². The molecule has 2 atom stereocenters. The molecule has 1 saturated heterocycles. The molecule has 0 aromatic rings. The lowest BCUT2D eigenvalue weighted by Gasteiger charge is -2.37. The van der Waals surface area contributed by atoms with Crippen LogP contribution in [-0.2, 0) is 4.74 Å². The quantitative estimate of drug-likeness (QED) is 0.626. The van der Waals surface area contributed by atoms with Crippen molar-refractivity contribution in [2.75, 3.05) is 19.8 Å². The lowest BCUT2D eigenvalue weighted by atomic mass is 9.76. The Labute approximate surface area is 79.3 Å². The number of aliphatic hydroxyl groups is 1. The summed E-state index contributed by atoms with van der Waals surface area (Å²) in [6.07, 6.45) is 4.09. The number of rotatable bonds is 1. The molecule has 0 aromatic heterocycles. The maximum absolute atomic E-state index is 10.1. The standard InChI is InChI=1S/C10H19NO2/c11-7-8-1-2-10(9(8)12)3-5-13-6-4-10/h8-9,12H,1-7,11H2/t8-,9-/m0/s1. The zero-order valence-electron chi connectivity index (χ0n) is 8.04. The fourth-order valence-electron chi connectivity index (χ4n) is 2.85. The lowest BCUT2D eigenvalue weighted by molar-refractivity contribution is -0.0549. The van der Waals surface area contributed by atoms with Gasteiger partial charge in [-0.15, -0.1) is 0 Å². The van der Waals surface area contributed by atoms with Crippen molar-refractivity contribution >= 4 is 0 Å². The molecule has 3 N–H and O–H groups in total. The van der Waals surface area contributed by atoms with Gasteiger partial charge in [0.15, 0.2) is 0 Å². The first kappa shape index (κ1) is 9.44. The average Bonchev–Trinajstić information content (AvgIpc) is 2.47. The topological polar surface area (TPSA) is 55.5 Å². The van der Waals surface area contributed by atoms with Gasteiger partial charge in [-0.3, -0.25) is 0 Å². The van der Waals surface area contributed by atoms with E-state index in [1.165, 1.54) is 0 Å². The normalized spacial score (nSPS) is 38.3. The van der Waals surface area contributed by atoms with Crippen molar-refractivity contribution in [3.8, 4) is 0 Å². The van der Waals surface area contributed by atoms with E-state index >= 15 is 0 Å². The molecule has 1 saturated carbocycles. The molecule has 1 aliphatic carbocycles. The molecule has 76 valence electrons. The fraction of sp³-hybridized carbons (Fsp3) is 1.00. The highest BCUT2D eigenvalue weighted by Gasteiger charge is 2.47. The Balaban J connectivity index is 2.06. The van der Waals surface area contributed by atoms with E-state index in [0.29, 0.717) is 12.5 Å². The minimum atomic E-state index is -0.179. The van der Waals surface area contributed by atoms with Crippen LogP contribution in [0.4, 0.5) is 0 Å². The number of hydrogen-bond acceptors (Lipinski definition) is 3. The second kappa shape index (κ2) is 3.56. The Hall–Kier alpha value is -0.120. The van der Waals surface area contributed by atoms with E-state index in [9.17, 15) is 5.11 Å². The highest BCUT2D eigenvalue weighted by Crippen LogP contribution is 2.48. The van der Waals surface area contributed by atoms with Crippen molar-refractivity contribution in [3.05, 3.63) is 0 Å². The van der Waals surface area contributed by atoms with Gasteiger partial charge in [0, 0.05) is 18.6 Å². The monoisotopic (exact) mass is 185 g/mol. The predicted molar refractivity (Wildman–Crippen MR) is 50.3 cm³/mol. The Bertz CT molecular complexity index is 178. The van der Waals surface area contributed by atoms with Crippen LogP contribution in [0.15, 0.2) is 0 Å². The highest BCUT2D eigenvalue weighted by molar-refractivity contribution is 4.98. The maximum Gasteiger partial charge on any atom is 0.0638 e. The van der Waals surface area contributed by atoms with E-state index in [1.807, 2.05) is 0 Å². The van der Waals surface area contributed by atoms with Crippen molar-refractivity contribution < 1.29 is 9.84 Å². The second-order valence-corrected chi connectivity index (χ2v) is 4.45. The molecule has 0 bridgehead atoms. The van der Waals surface area contributed by atoms with Crippen LogP contribution >= 0.6 is 0 Å². The van der Waals surface area contributed by atoms with Crippen LogP contribution in [0.25, 0.3) is 0 Å². The van der Waals surface area contributed by atoms with E-state index < -0.39 is 0 Å². The Morgan fingerprint density at radius 1 is 1.31 bits per heavy atom. The minimum absolute atomic E-state index is 0.155. The van der Waals surface area contributed by atoms with Gasteiger partial charge in [-0.1, -0.05) is 0 Å². The van der Waals surface area contributed by atoms with Gasteiger partial charge in [0.1, 0.15) is 0 Å². The summed E-state index contributed by atoms with van der Waals surface area (Å²) in [5.41, 5.74) is 5.78. The largest absolute Gasteiger partial charge is 0.392 e. The molecular weight excluding hydrogens is 166 g/mol. The number of nitrogens with two attached hydrogens (primary N) is 1. The zero-order chi connectivity index (χ0) is 9.31. The maximum atomic E-state index is 10.1. The molecule has 0 aromatic carbocycles. The van der Waals surface area contributed by atoms with E-state index in [0.717, 1.165) is 38.9 Å². The summed E-state index contributed by atoms with van der Waals surface area (Å²) in [6.45, 7) is 2.26. The molecule has 2 rings (SSSR count). The first-order valence-corrected chi connectivity index (χ1v) is 5.24. The summed E-state index contributed by atoms with van der Waals surface area (Å²) in [7, 11) is 0. The smallest absolute Gasteiger partial charge is 0.0638 e. The van der Waals surface area contributed by atoms with Crippen molar-refractivity contribution in [2.24, 2.45) is 17.1 Å². The second-order valence-electron chi connectivity index (χ2n) is 4.45. The van der Waals surface area contributed by atoms with Gasteiger partial charge in [0.05, 0.1) is 6.10 Å². The SMILES string of the molecule is NC[C@@H]1CCC2(CCOCC2)[C@H]1O. The molecule has 1 spiro atoms. The van der Waals surface area contributed by atoms with Crippen LogP contribution in [0.2, 0.25) is 0 Å². The van der Waals surface area contributed by atoms with Crippen molar-refractivity contribution in [2.45, 2.75) is 31.8 Å². The van der Waals surface area contributed by atoms with E-state index in [1.54, 1.807) is 0 Å². The summed E-state index contributed by atoms with van der Waals surface area (Å²) in [4.78, 5) is 0. The van der Waals surface area contributed by atoms with Crippen LogP contribution in [0.3, 0.4) is 0 Å². The molecule has 13 heavy (non-hydrogen) atoms. The molecule has 2 aliphatic rings. The molecule has 0 amide bonds. The van der Waals surface area contributed by atoms with Gasteiger partial charge in [-0.2, -0.15) is 0 Å². The first-order chi connectivity index (χ1) is 6.28. The molecule has 0 unspecified atom stereocenters. The van der Waals surface area contributed by atoms with Gasteiger partial charge in [-0.25, -0.2) is 0 Å². The summed E-state index contributed by atoms with van der Waals surface area (Å²) < 4.78 is 5.33. The first-order valence-electron chi connectivity index (χ1n) is 5.24. The van der Waals surface area contributed by atoms with Gasteiger partial charge >= 0.3 is 0 Å². The van der Waals surface area contributed by atoms with Crippen molar-refractivity contribution in [1.29, 1.82) is 0 Å². The minimum Gasteiger partial charge on any atom is -0.392 e. The zero-order valence-corrected chi connectivity index (χ0v) is 8.04. The highest BCUT2D eigenvalue weighted by atomic mass is 16.5.